The van der Waals surface area contributed by atoms with Crippen molar-refractivity contribution in [1.82, 2.24) is 0 Å². The van der Waals surface area contributed by atoms with Gasteiger partial charge in [-0.25, -0.2) is 0 Å². The first-order chi connectivity index (χ1) is 23.1. The summed E-state index contributed by atoms with van der Waals surface area (Å²) in [6.45, 7) is 36.4. The molecule has 0 spiro atoms. The molecule has 0 bridgehead atoms. The van der Waals surface area contributed by atoms with E-state index in [4.69, 9.17) is 0 Å². The average Bonchev–Trinajstić information content (AvgIpc) is 3.27. The Morgan fingerprint density at radius 1 is 0.625 bits per heavy atom. The highest BCUT2D eigenvalue weighted by Crippen LogP contribution is 2.32. The van der Waals surface area contributed by atoms with Gasteiger partial charge in [0.25, 0.3) is 0 Å². The summed E-state index contributed by atoms with van der Waals surface area (Å²) in [5, 5.41) is 3.43. The molecule has 0 heteroatoms. The van der Waals surface area contributed by atoms with E-state index in [-0.39, 0.29) is 5.92 Å². The van der Waals surface area contributed by atoms with Crippen molar-refractivity contribution >= 4 is 44.0 Å². The molecule has 3 aromatic carbocycles. The highest BCUT2D eigenvalue weighted by atomic mass is 14.2. The van der Waals surface area contributed by atoms with Gasteiger partial charge in [-0.15, -0.1) is 0 Å². The van der Waals surface area contributed by atoms with E-state index in [0.29, 0.717) is 0 Å². The molecule has 0 saturated carbocycles. The lowest BCUT2D eigenvalue weighted by Crippen LogP contribution is -2.11. The Kier molecular flexibility index (Phi) is 12.0. The summed E-state index contributed by atoms with van der Waals surface area (Å²) in [6.07, 6.45) is 18.2. The smallest absolute Gasteiger partial charge is 0.00329 e. The predicted molar refractivity (Wildman–Crippen MR) is 216 cm³/mol. The summed E-state index contributed by atoms with van der Waals surface area (Å²) in [5.41, 5.74) is 9.55. The first-order valence-corrected chi connectivity index (χ1v) is 16.0. The van der Waals surface area contributed by atoms with Crippen molar-refractivity contribution in [2.75, 3.05) is 0 Å². The highest BCUT2D eigenvalue weighted by molar-refractivity contribution is 5.91. The summed E-state index contributed by atoms with van der Waals surface area (Å²) >= 11 is 0. The van der Waals surface area contributed by atoms with E-state index in [1.807, 2.05) is 66.8 Å². The van der Waals surface area contributed by atoms with Crippen LogP contribution in [0, 0.1) is 5.92 Å². The van der Waals surface area contributed by atoms with E-state index in [9.17, 15) is 0 Å². The van der Waals surface area contributed by atoms with Crippen LogP contribution in [-0.4, -0.2) is 0 Å². The average molecular weight is 621 g/mol. The molecule has 0 nitrogen and oxygen atoms in total. The largest absolute Gasteiger partial charge is 0.0985 e. The number of fused-ring (bicyclic) bond motifs is 1. The fraction of sp³-hybridized carbons (Fsp3) is 0.0417. The van der Waals surface area contributed by atoms with Crippen molar-refractivity contribution in [2.24, 2.45) is 5.92 Å². The molecule has 0 saturated heterocycles. The van der Waals surface area contributed by atoms with Crippen molar-refractivity contribution in [3.05, 3.63) is 209 Å². The van der Waals surface area contributed by atoms with Gasteiger partial charge in [0.1, 0.15) is 0 Å². The fourth-order valence-electron chi connectivity index (χ4n) is 5.44. The van der Waals surface area contributed by atoms with Crippen LogP contribution in [0.15, 0.2) is 171 Å². The zero-order valence-electron chi connectivity index (χ0n) is 28.1. The Bertz CT molecular complexity index is 2220. The predicted octanol–water partition coefficient (Wildman–Crippen LogP) is 10.0. The molecule has 0 amide bonds. The molecule has 0 N–H and O–H groups in total. The molecule has 3 aromatic rings. The molecule has 1 unspecified atom stereocenters. The second-order valence-electron chi connectivity index (χ2n) is 11.8. The van der Waals surface area contributed by atoms with Crippen molar-refractivity contribution < 1.29 is 0 Å². The summed E-state index contributed by atoms with van der Waals surface area (Å²) in [5.74, 6) is 0.205. The molecule has 0 heterocycles. The van der Waals surface area contributed by atoms with Gasteiger partial charge in [0.15, 0.2) is 0 Å². The van der Waals surface area contributed by atoms with E-state index >= 15 is 0 Å². The SMILES string of the molecule is C=CC(=C)/C=C\C=C(/C(=C)C=C)c1c2c(c(-c3ccc(=C)cc(-c4ccccc4)ccc(=C)c3)c(=C)ccccc1=C)C=CC(C)C=C2. The van der Waals surface area contributed by atoms with Crippen molar-refractivity contribution in [3.8, 4) is 22.3 Å². The van der Waals surface area contributed by atoms with Gasteiger partial charge in [-0.1, -0.05) is 193 Å². The van der Waals surface area contributed by atoms with Crippen LogP contribution in [0.25, 0.3) is 66.3 Å². The monoisotopic (exact) mass is 620 g/mol. The summed E-state index contributed by atoms with van der Waals surface area (Å²) < 4.78 is 0. The summed E-state index contributed by atoms with van der Waals surface area (Å²) in [7, 11) is 0. The van der Waals surface area contributed by atoms with Gasteiger partial charge in [0.2, 0.25) is 0 Å². The first kappa shape index (κ1) is 34.9. The highest BCUT2D eigenvalue weighted by Gasteiger charge is 2.16. The topological polar surface area (TPSA) is 0 Å². The van der Waals surface area contributed by atoms with E-state index in [2.05, 4.69) is 126 Å². The van der Waals surface area contributed by atoms with Gasteiger partial charge in [0.05, 0.1) is 0 Å². The Morgan fingerprint density at radius 2 is 1.21 bits per heavy atom. The Morgan fingerprint density at radius 3 is 1.85 bits per heavy atom. The zero-order valence-corrected chi connectivity index (χ0v) is 28.1. The van der Waals surface area contributed by atoms with E-state index in [1.54, 1.807) is 12.2 Å². The van der Waals surface area contributed by atoms with Crippen LogP contribution < -0.4 is 20.9 Å². The van der Waals surface area contributed by atoms with E-state index in [0.717, 1.165) is 76.5 Å². The fourth-order valence-corrected chi connectivity index (χ4v) is 5.44. The third-order valence-electron chi connectivity index (χ3n) is 8.04. The van der Waals surface area contributed by atoms with Crippen molar-refractivity contribution in [1.29, 1.82) is 0 Å². The zero-order chi connectivity index (χ0) is 34.6. The quantitative estimate of drug-likeness (QED) is 0.220. The second-order valence-corrected chi connectivity index (χ2v) is 11.8. The van der Waals surface area contributed by atoms with Crippen LogP contribution in [0.3, 0.4) is 0 Å². The third-order valence-corrected chi connectivity index (χ3v) is 8.04. The summed E-state index contributed by atoms with van der Waals surface area (Å²) in [4.78, 5) is 0. The number of hydrogen-bond acceptors (Lipinski definition) is 0. The van der Waals surface area contributed by atoms with Gasteiger partial charge in [0, 0.05) is 0 Å². The molecule has 1 atom stereocenters. The van der Waals surface area contributed by atoms with Crippen LogP contribution in [0.2, 0.25) is 0 Å². The maximum absolute atomic E-state index is 4.58. The lowest BCUT2D eigenvalue weighted by Gasteiger charge is -2.15. The number of hydrogen-bond donors (Lipinski definition) is 0. The summed E-state index contributed by atoms with van der Waals surface area (Å²) in [6, 6.07) is 30.9. The van der Waals surface area contributed by atoms with Gasteiger partial charge in [-0.05, 0) is 94.6 Å². The lowest BCUT2D eigenvalue weighted by atomic mass is 9.88. The first-order valence-electron chi connectivity index (χ1n) is 16.0. The Labute approximate surface area is 286 Å². The van der Waals surface area contributed by atoms with Gasteiger partial charge < -0.3 is 0 Å². The Balaban J connectivity index is 2.22. The Hall–Kier alpha value is -5.98. The minimum Gasteiger partial charge on any atom is -0.0985 e. The molecule has 0 fully saturated rings. The maximum Gasteiger partial charge on any atom is -0.00329 e. The van der Waals surface area contributed by atoms with Crippen molar-refractivity contribution in [2.45, 2.75) is 6.92 Å². The molecule has 48 heavy (non-hydrogen) atoms. The molecule has 1 aliphatic rings. The number of benzene rings is 1. The molecule has 0 aliphatic heterocycles. The molecule has 4 rings (SSSR count). The number of allylic oxidation sites excluding steroid dienone is 10. The minimum atomic E-state index is 0.205. The third kappa shape index (κ3) is 8.84. The number of rotatable bonds is 8. The van der Waals surface area contributed by atoms with Gasteiger partial charge in [-0.2, -0.15) is 0 Å². The van der Waals surface area contributed by atoms with E-state index < -0.39 is 0 Å². The molecule has 236 valence electrons. The minimum absolute atomic E-state index is 0.205. The molecular formula is C48H44. The normalized spacial score (nSPS) is 13.4. The molecule has 0 radical (unpaired) electrons. The molecular weight excluding hydrogens is 577 g/mol. The lowest BCUT2D eigenvalue weighted by molar-refractivity contribution is 0.954. The molecule has 0 aromatic heterocycles. The molecule has 1 aliphatic carbocycles. The standard InChI is InChI=1S/C48H44/c1-10-34(3)18-17-23-44(38(7)11-2)48-40(9)20-16-15-19-39(8)47(45-30-26-35(4)27-31-46(45)48)43-29-25-36(5)32-42(28-24-37(6)33-43)41-21-13-12-14-22-41/h10-33,35H,1-3,5-9H2,4H3/b18-17-,19-15?,20-16?,28-24?,29-25?,42-32?,43-33?,44-23+,47-45?,48-46?. The van der Waals surface area contributed by atoms with Crippen LogP contribution in [-0.2, 0) is 0 Å². The van der Waals surface area contributed by atoms with E-state index in [1.165, 1.54) is 0 Å². The van der Waals surface area contributed by atoms with Crippen LogP contribution in [0.4, 0.5) is 0 Å². The van der Waals surface area contributed by atoms with Gasteiger partial charge in [-0.3, -0.25) is 0 Å². The van der Waals surface area contributed by atoms with Crippen LogP contribution in [0.1, 0.15) is 23.6 Å². The van der Waals surface area contributed by atoms with Crippen LogP contribution >= 0.6 is 0 Å². The van der Waals surface area contributed by atoms with Gasteiger partial charge >= 0.3 is 0 Å². The second kappa shape index (κ2) is 16.5. The van der Waals surface area contributed by atoms with Crippen molar-refractivity contribution in [3.63, 3.8) is 0 Å². The van der Waals surface area contributed by atoms with Crippen LogP contribution in [0.5, 0.6) is 0 Å². The maximum atomic E-state index is 4.58.